The Hall–Kier alpha value is -2.33. The van der Waals surface area contributed by atoms with Crippen molar-refractivity contribution in [3.8, 4) is 0 Å². The molecule has 3 nitrogen and oxygen atoms in total. The van der Waals surface area contributed by atoms with E-state index < -0.39 is 0 Å². The number of hydrogen-bond donors (Lipinski definition) is 1. The molecule has 112 valence electrons. The van der Waals surface area contributed by atoms with E-state index >= 15 is 0 Å². The molecule has 0 radical (unpaired) electrons. The van der Waals surface area contributed by atoms with Crippen LogP contribution in [0.15, 0.2) is 48.5 Å². The zero-order chi connectivity index (χ0) is 15.7. The quantitative estimate of drug-likeness (QED) is 0.781. The van der Waals surface area contributed by atoms with E-state index in [1.54, 1.807) is 29.8 Å². The average molecular weight is 317 g/mol. The summed E-state index contributed by atoms with van der Waals surface area (Å²) in [7, 11) is 1.74. The van der Waals surface area contributed by atoms with Crippen molar-refractivity contribution >= 4 is 28.4 Å². The molecule has 0 saturated carbocycles. The summed E-state index contributed by atoms with van der Waals surface area (Å²) >= 11 is 6.07. The number of fused-ring (bicyclic) bond motifs is 1. The molecular formula is C17H14ClFN2O. The molecule has 5 heteroatoms. The average Bonchev–Trinajstić information content (AvgIpc) is 2.83. The van der Waals surface area contributed by atoms with E-state index in [0.29, 0.717) is 22.8 Å². The number of aromatic nitrogens is 1. The molecular weight excluding hydrogens is 303 g/mol. The number of amides is 1. The molecule has 0 unspecified atom stereocenters. The number of carbonyl (C=O) groups is 1. The molecule has 1 aromatic heterocycles. The van der Waals surface area contributed by atoms with Crippen LogP contribution in [-0.2, 0) is 13.6 Å². The molecule has 0 atom stereocenters. The second-order valence-corrected chi connectivity index (χ2v) is 5.47. The Balaban J connectivity index is 1.83. The fraction of sp³-hybridized carbons (Fsp3) is 0.118. The highest BCUT2D eigenvalue weighted by atomic mass is 35.5. The molecule has 0 saturated heterocycles. The van der Waals surface area contributed by atoms with Gasteiger partial charge in [-0.1, -0.05) is 29.8 Å². The summed E-state index contributed by atoms with van der Waals surface area (Å²) in [5.74, 6) is -0.546. The van der Waals surface area contributed by atoms with Crippen LogP contribution in [0.1, 0.15) is 16.1 Å². The first-order valence-electron chi connectivity index (χ1n) is 6.83. The lowest BCUT2D eigenvalue weighted by Crippen LogP contribution is -2.24. The molecule has 0 fully saturated rings. The van der Waals surface area contributed by atoms with E-state index in [1.807, 2.05) is 18.2 Å². The van der Waals surface area contributed by atoms with Gasteiger partial charge in [-0.2, -0.15) is 0 Å². The number of rotatable bonds is 3. The molecule has 2 aromatic carbocycles. The Morgan fingerprint density at radius 3 is 2.77 bits per heavy atom. The van der Waals surface area contributed by atoms with E-state index in [0.717, 1.165) is 10.9 Å². The first-order chi connectivity index (χ1) is 10.6. The molecule has 3 rings (SSSR count). The molecule has 1 N–H and O–H groups in total. The van der Waals surface area contributed by atoms with Crippen molar-refractivity contribution in [2.45, 2.75) is 6.54 Å². The monoisotopic (exact) mass is 316 g/mol. The first-order valence-corrected chi connectivity index (χ1v) is 7.20. The van der Waals surface area contributed by atoms with Gasteiger partial charge in [0.15, 0.2) is 0 Å². The largest absolute Gasteiger partial charge is 0.347 e. The van der Waals surface area contributed by atoms with Crippen LogP contribution in [0.4, 0.5) is 4.39 Å². The summed E-state index contributed by atoms with van der Waals surface area (Å²) in [4.78, 5) is 12.3. The van der Waals surface area contributed by atoms with E-state index in [2.05, 4.69) is 5.32 Å². The molecule has 0 aliphatic rings. The third kappa shape index (κ3) is 2.70. The van der Waals surface area contributed by atoms with E-state index in [-0.39, 0.29) is 11.7 Å². The van der Waals surface area contributed by atoms with Gasteiger partial charge in [-0.15, -0.1) is 0 Å². The van der Waals surface area contributed by atoms with Gasteiger partial charge in [0.2, 0.25) is 0 Å². The van der Waals surface area contributed by atoms with Gasteiger partial charge in [-0.3, -0.25) is 4.79 Å². The summed E-state index contributed by atoms with van der Waals surface area (Å²) in [6.45, 7) is 0.342. The number of benzene rings is 2. The minimum atomic E-state index is -0.322. The predicted octanol–water partition coefficient (Wildman–Crippen LogP) is 3.90. The van der Waals surface area contributed by atoms with Crippen molar-refractivity contribution in [3.05, 3.63) is 70.6 Å². The molecule has 1 heterocycles. The molecule has 3 aromatic rings. The maximum absolute atomic E-state index is 13.3. The topological polar surface area (TPSA) is 34.0 Å². The van der Waals surface area contributed by atoms with Crippen LogP contribution in [0, 0.1) is 5.82 Å². The fourth-order valence-electron chi connectivity index (χ4n) is 2.43. The molecule has 0 bridgehead atoms. The summed E-state index contributed by atoms with van der Waals surface area (Å²) < 4.78 is 15.0. The number of halogens is 2. The highest BCUT2D eigenvalue weighted by molar-refractivity contribution is 6.31. The van der Waals surface area contributed by atoms with Crippen molar-refractivity contribution in [2.24, 2.45) is 7.05 Å². The van der Waals surface area contributed by atoms with E-state index in [1.165, 1.54) is 12.1 Å². The molecule has 0 spiro atoms. The van der Waals surface area contributed by atoms with Crippen LogP contribution < -0.4 is 5.32 Å². The second-order valence-electron chi connectivity index (χ2n) is 5.07. The molecule has 0 aliphatic heterocycles. The highest BCUT2D eigenvalue weighted by Gasteiger charge is 2.14. The van der Waals surface area contributed by atoms with Crippen molar-refractivity contribution in [3.63, 3.8) is 0 Å². The summed E-state index contributed by atoms with van der Waals surface area (Å²) in [6, 6.07) is 13.6. The summed E-state index contributed by atoms with van der Waals surface area (Å²) in [6.07, 6.45) is 0. The Morgan fingerprint density at radius 2 is 2.00 bits per heavy atom. The van der Waals surface area contributed by atoms with Gasteiger partial charge in [0, 0.05) is 24.0 Å². The van der Waals surface area contributed by atoms with E-state index in [4.69, 9.17) is 11.6 Å². The van der Waals surface area contributed by atoms with Gasteiger partial charge < -0.3 is 9.88 Å². The Morgan fingerprint density at radius 1 is 1.23 bits per heavy atom. The fourth-order valence-corrected chi connectivity index (χ4v) is 2.63. The molecule has 0 aliphatic carbocycles. The van der Waals surface area contributed by atoms with Crippen LogP contribution in [0.2, 0.25) is 5.02 Å². The van der Waals surface area contributed by atoms with Crippen LogP contribution in [0.5, 0.6) is 0 Å². The third-order valence-electron chi connectivity index (χ3n) is 3.64. The Kier molecular flexibility index (Phi) is 3.86. The van der Waals surface area contributed by atoms with Crippen LogP contribution in [-0.4, -0.2) is 10.5 Å². The van der Waals surface area contributed by atoms with Gasteiger partial charge in [0.05, 0.1) is 5.52 Å². The predicted molar refractivity (Wildman–Crippen MR) is 85.5 cm³/mol. The van der Waals surface area contributed by atoms with Crippen LogP contribution in [0.3, 0.4) is 0 Å². The normalized spacial score (nSPS) is 10.9. The van der Waals surface area contributed by atoms with E-state index in [9.17, 15) is 9.18 Å². The van der Waals surface area contributed by atoms with Gasteiger partial charge >= 0.3 is 0 Å². The smallest absolute Gasteiger partial charge is 0.268 e. The maximum atomic E-state index is 13.3. The number of nitrogens with zero attached hydrogens (tertiary/aromatic N) is 1. The Bertz CT molecular complexity index is 857. The minimum absolute atomic E-state index is 0.223. The van der Waals surface area contributed by atoms with Crippen LogP contribution >= 0.6 is 11.6 Å². The Labute approximate surface area is 132 Å². The summed E-state index contributed by atoms with van der Waals surface area (Å²) in [5.41, 5.74) is 2.01. The molecule has 22 heavy (non-hydrogen) atoms. The number of nitrogens with one attached hydrogen (secondary N) is 1. The lowest BCUT2D eigenvalue weighted by Gasteiger charge is -2.08. The second kappa shape index (κ2) is 5.81. The minimum Gasteiger partial charge on any atom is -0.347 e. The standard InChI is InChI=1S/C17H14ClFN2O/c1-21-15-9-13(19)7-6-11(15)8-16(21)17(22)20-10-12-4-2-3-5-14(12)18/h2-9H,10H2,1H3,(H,20,22). The zero-order valence-electron chi connectivity index (χ0n) is 11.9. The maximum Gasteiger partial charge on any atom is 0.268 e. The lowest BCUT2D eigenvalue weighted by atomic mass is 10.2. The first kappa shape index (κ1) is 14.6. The third-order valence-corrected chi connectivity index (χ3v) is 4.01. The van der Waals surface area contributed by atoms with Gasteiger partial charge in [0.25, 0.3) is 5.91 Å². The lowest BCUT2D eigenvalue weighted by molar-refractivity contribution is 0.0943. The number of carbonyl (C=O) groups excluding carboxylic acids is 1. The highest BCUT2D eigenvalue weighted by Crippen LogP contribution is 2.20. The number of hydrogen-bond acceptors (Lipinski definition) is 1. The van der Waals surface area contributed by atoms with Gasteiger partial charge in [-0.25, -0.2) is 4.39 Å². The number of aryl methyl sites for hydroxylation is 1. The SMILES string of the molecule is Cn1c(C(=O)NCc2ccccc2Cl)cc2ccc(F)cc21. The zero-order valence-corrected chi connectivity index (χ0v) is 12.7. The van der Waals surface area contributed by atoms with Gasteiger partial charge in [-0.05, 0) is 35.9 Å². The van der Waals surface area contributed by atoms with Crippen molar-refractivity contribution in [1.29, 1.82) is 0 Å². The van der Waals surface area contributed by atoms with Crippen molar-refractivity contribution in [1.82, 2.24) is 9.88 Å². The van der Waals surface area contributed by atoms with Crippen molar-refractivity contribution in [2.75, 3.05) is 0 Å². The van der Waals surface area contributed by atoms with Gasteiger partial charge in [0.1, 0.15) is 11.5 Å². The van der Waals surface area contributed by atoms with Crippen LogP contribution in [0.25, 0.3) is 10.9 Å². The van der Waals surface area contributed by atoms with Crippen molar-refractivity contribution < 1.29 is 9.18 Å². The summed E-state index contributed by atoms with van der Waals surface area (Å²) in [5, 5.41) is 4.27. The molecule has 1 amide bonds.